The molecule has 15 heavy (non-hydrogen) atoms. The van der Waals surface area contributed by atoms with Gasteiger partial charge in [0.25, 0.3) is 0 Å². The second-order valence-corrected chi connectivity index (χ2v) is 6.77. The standard InChI is InChI=1S/C10H21NO3S/c1-15(13,14)7-6-11-8-9-2-4-10(12)5-3-9/h9-12H,2-8H2,1H3. The van der Waals surface area contributed by atoms with Crippen molar-refractivity contribution in [3.63, 3.8) is 0 Å². The Hall–Kier alpha value is -0.130. The monoisotopic (exact) mass is 235 g/mol. The third kappa shape index (κ3) is 6.12. The van der Waals surface area contributed by atoms with E-state index in [-0.39, 0.29) is 11.9 Å². The zero-order valence-electron chi connectivity index (χ0n) is 9.28. The number of aliphatic hydroxyl groups excluding tert-OH is 1. The molecule has 0 spiro atoms. The van der Waals surface area contributed by atoms with Gasteiger partial charge in [-0.15, -0.1) is 0 Å². The van der Waals surface area contributed by atoms with Crippen molar-refractivity contribution in [1.29, 1.82) is 0 Å². The molecule has 0 aromatic heterocycles. The first-order chi connectivity index (χ1) is 6.97. The summed E-state index contributed by atoms with van der Waals surface area (Å²) >= 11 is 0. The van der Waals surface area contributed by atoms with E-state index >= 15 is 0 Å². The predicted molar refractivity (Wildman–Crippen MR) is 60.5 cm³/mol. The maximum atomic E-state index is 10.9. The van der Waals surface area contributed by atoms with Crippen molar-refractivity contribution in [2.45, 2.75) is 31.8 Å². The molecule has 0 atom stereocenters. The summed E-state index contributed by atoms with van der Waals surface area (Å²) in [6, 6.07) is 0. The minimum atomic E-state index is -2.84. The number of sulfone groups is 1. The molecule has 5 heteroatoms. The van der Waals surface area contributed by atoms with E-state index in [9.17, 15) is 13.5 Å². The summed E-state index contributed by atoms with van der Waals surface area (Å²) in [6.45, 7) is 1.42. The molecule has 0 amide bonds. The lowest BCUT2D eigenvalue weighted by molar-refractivity contribution is 0.108. The van der Waals surface area contributed by atoms with Crippen LogP contribution in [0.3, 0.4) is 0 Å². The molecule has 1 saturated carbocycles. The van der Waals surface area contributed by atoms with Crippen LogP contribution >= 0.6 is 0 Å². The largest absolute Gasteiger partial charge is 0.393 e. The van der Waals surface area contributed by atoms with Gasteiger partial charge in [0, 0.05) is 12.8 Å². The van der Waals surface area contributed by atoms with Crippen LogP contribution in [0.1, 0.15) is 25.7 Å². The summed E-state index contributed by atoms with van der Waals surface area (Å²) in [7, 11) is -2.84. The Labute approximate surface area is 92.0 Å². The first kappa shape index (κ1) is 12.9. The van der Waals surface area contributed by atoms with Crippen LogP contribution in [0.15, 0.2) is 0 Å². The SMILES string of the molecule is CS(=O)(=O)CCNCC1CCC(O)CC1. The quantitative estimate of drug-likeness (QED) is 0.667. The summed E-state index contributed by atoms with van der Waals surface area (Å²) in [5.74, 6) is 0.815. The van der Waals surface area contributed by atoms with Crippen molar-refractivity contribution >= 4 is 9.84 Å². The van der Waals surface area contributed by atoms with Crippen molar-refractivity contribution in [1.82, 2.24) is 5.32 Å². The Morgan fingerprint density at radius 1 is 1.27 bits per heavy atom. The lowest BCUT2D eigenvalue weighted by atomic mass is 9.87. The average Bonchev–Trinajstić information content (AvgIpc) is 2.14. The second-order valence-electron chi connectivity index (χ2n) is 4.51. The minimum absolute atomic E-state index is 0.114. The Balaban J connectivity index is 2.06. The molecule has 4 nitrogen and oxygen atoms in total. The molecule has 1 rings (SSSR count). The Kier molecular flexibility index (Phi) is 5.02. The summed E-state index contributed by atoms with van der Waals surface area (Å²) in [5.41, 5.74) is 0. The average molecular weight is 235 g/mol. The van der Waals surface area contributed by atoms with Gasteiger partial charge in [-0.25, -0.2) is 8.42 Å². The first-order valence-electron chi connectivity index (χ1n) is 5.54. The molecule has 1 aliphatic rings. The molecule has 0 radical (unpaired) electrons. The number of rotatable bonds is 5. The van der Waals surface area contributed by atoms with Crippen molar-refractivity contribution in [2.75, 3.05) is 25.1 Å². The van der Waals surface area contributed by atoms with Crippen LogP contribution in [-0.2, 0) is 9.84 Å². The maximum absolute atomic E-state index is 10.9. The molecule has 0 aliphatic heterocycles. The number of hydrogen-bond acceptors (Lipinski definition) is 4. The molecular weight excluding hydrogens is 214 g/mol. The lowest BCUT2D eigenvalue weighted by Crippen LogP contribution is -2.30. The summed E-state index contributed by atoms with van der Waals surface area (Å²) < 4.78 is 21.7. The normalized spacial score (nSPS) is 27.9. The third-order valence-corrected chi connectivity index (χ3v) is 3.84. The topological polar surface area (TPSA) is 66.4 Å². The van der Waals surface area contributed by atoms with Gasteiger partial charge >= 0.3 is 0 Å². The van der Waals surface area contributed by atoms with Gasteiger partial charge in [0.15, 0.2) is 0 Å². The van der Waals surface area contributed by atoms with Crippen molar-refractivity contribution < 1.29 is 13.5 Å². The molecule has 0 saturated heterocycles. The fraction of sp³-hybridized carbons (Fsp3) is 1.00. The van der Waals surface area contributed by atoms with Gasteiger partial charge in [-0.1, -0.05) is 0 Å². The van der Waals surface area contributed by atoms with Crippen LogP contribution in [0.25, 0.3) is 0 Å². The predicted octanol–water partition coefficient (Wildman–Crippen LogP) is 0.172. The van der Waals surface area contributed by atoms with Gasteiger partial charge in [-0.2, -0.15) is 0 Å². The summed E-state index contributed by atoms with van der Waals surface area (Å²) in [6.07, 6.45) is 5.01. The van der Waals surface area contributed by atoms with Gasteiger partial charge in [-0.3, -0.25) is 0 Å². The fourth-order valence-corrected chi connectivity index (χ4v) is 2.43. The van der Waals surface area contributed by atoms with E-state index in [0.717, 1.165) is 32.2 Å². The fourth-order valence-electron chi connectivity index (χ4n) is 1.91. The molecule has 0 aromatic carbocycles. The Morgan fingerprint density at radius 2 is 1.87 bits per heavy atom. The molecular formula is C10H21NO3S. The highest BCUT2D eigenvalue weighted by molar-refractivity contribution is 7.90. The zero-order valence-corrected chi connectivity index (χ0v) is 10.1. The van der Waals surface area contributed by atoms with E-state index in [1.165, 1.54) is 6.26 Å². The minimum Gasteiger partial charge on any atom is -0.393 e. The van der Waals surface area contributed by atoms with E-state index in [0.29, 0.717) is 12.5 Å². The lowest BCUT2D eigenvalue weighted by Gasteiger charge is -2.25. The highest BCUT2D eigenvalue weighted by Gasteiger charge is 2.18. The molecule has 1 aliphatic carbocycles. The molecule has 2 N–H and O–H groups in total. The van der Waals surface area contributed by atoms with E-state index < -0.39 is 9.84 Å². The van der Waals surface area contributed by atoms with Gasteiger partial charge in [0.1, 0.15) is 9.84 Å². The van der Waals surface area contributed by atoms with Crippen LogP contribution in [0, 0.1) is 5.92 Å². The van der Waals surface area contributed by atoms with Crippen LogP contribution in [-0.4, -0.2) is 44.7 Å². The maximum Gasteiger partial charge on any atom is 0.148 e. The highest BCUT2D eigenvalue weighted by atomic mass is 32.2. The number of hydrogen-bond donors (Lipinski definition) is 2. The van der Waals surface area contributed by atoms with Gasteiger partial charge < -0.3 is 10.4 Å². The van der Waals surface area contributed by atoms with E-state index in [1.54, 1.807) is 0 Å². The van der Waals surface area contributed by atoms with E-state index in [4.69, 9.17) is 0 Å². The Bertz CT molecular complexity index is 268. The van der Waals surface area contributed by atoms with Crippen LogP contribution < -0.4 is 5.32 Å². The first-order valence-corrected chi connectivity index (χ1v) is 7.60. The van der Waals surface area contributed by atoms with Crippen molar-refractivity contribution in [3.8, 4) is 0 Å². The van der Waals surface area contributed by atoms with Crippen LogP contribution in [0.4, 0.5) is 0 Å². The van der Waals surface area contributed by atoms with E-state index in [1.807, 2.05) is 0 Å². The van der Waals surface area contributed by atoms with Crippen molar-refractivity contribution in [3.05, 3.63) is 0 Å². The molecule has 0 aromatic rings. The molecule has 0 bridgehead atoms. The van der Waals surface area contributed by atoms with E-state index in [2.05, 4.69) is 5.32 Å². The Morgan fingerprint density at radius 3 is 2.40 bits per heavy atom. The van der Waals surface area contributed by atoms with Gasteiger partial charge in [0.05, 0.1) is 11.9 Å². The number of nitrogens with one attached hydrogen (secondary N) is 1. The van der Waals surface area contributed by atoms with Gasteiger partial charge in [-0.05, 0) is 38.1 Å². The third-order valence-electron chi connectivity index (χ3n) is 2.90. The zero-order chi connectivity index (χ0) is 11.3. The van der Waals surface area contributed by atoms with Crippen molar-refractivity contribution in [2.24, 2.45) is 5.92 Å². The molecule has 90 valence electrons. The molecule has 1 fully saturated rings. The summed E-state index contributed by atoms with van der Waals surface area (Å²) in [4.78, 5) is 0. The second kappa shape index (κ2) is 5.82. The smallest absolute Gasteiger partial charge is 0.148 e. The molecule has 0 unspecified atom stereocenters. The summed E-state index contributed by atoms with van der Waals surface area (Å²) in [5, 5.41) is 12.5. The highest BCUT2D eigenvalue weighted by Crippen LogP contribution is 2.23. The van der Waals surface area contributed by atoms with Crippen LogP contribution in [0.2, 0.25) is 0 Å². The number of aliphatic hydroxyl groups is 1. The van der Waals surface area contributed by atoms with Gasteiger partial charge in [0.2, 0.25) is 0 Å². The molecule has 0 heterocycles. The van der Waals surface area contributed by atoms with Crippen LogP contribution in [0.5, 0.6) is 0 Å².